The predicted molar refractivity (Wildman–Crippen MR) is 83.3 cm³/mol. The molecule has 0 aliphatic rings. The van der Waals surface area contributed by atoms with Crippen LogP contribution in [0.5, 0.6) is 0 Å². The minimum absolute atomic E-state index is 0.101. The summed E-state index contributed by atoms with van der Waals surface area (Å²) in [5.74, 6) is -0.923. The van der Waals surface area contributed by atoms with Crippen molar-refractivity contribution < 1.29 is 9.90 Å². The van der Waals surface area contributed by atoms with Crippen LogP contribution in [-0.4, -0.2) is 11.1 Å². The van der Waals surface area contributed by atoms with E-state index in [2.05, 4.69) is 0 Å². The van der Waals surface area contributed by atoms with Crippen LogP contribution in [0, 0.1) is 0 Å². The van der Waals surface area contributed by atoms with E-state index in [0.717, 1.165) is 0 Å². The van der Waals surface area contributed by atoms with Crippen molar-refractivity contribution in [3.8, 4) is 11.1 Å². The lowest BCUT2D eigenvalue weighted by atomic mass is 10.0. The fourth-order valence-corrected chi connectivity index (χ4v) is 2.74. The normalized spacial score (nSPS) is 10.6. The Hall–Kier alpha value is -0.930. The second-order valence-corrected chi connectivity index (χ2v) is 5.76. The Morgan fingerprint density at radius 1 is 0.950 bits per heavy atom. The molecule has 0 spiro atoms. The minimum Gasteiger partial charge on any atom is -0.481 e. The molecule has 0 radical (unpaired) electrons. The smallest absolute Gasteiger partial charge is 0.307 e. The number of hydrogen-bond acceptors (Lipinski definition) is 1. The average Bonchev–Trinajstić information content (AvgIpc) is 2.35. The first-order chi connectivity index (χ1) is 9.38. The standard InChI is InChI=1S/C14H8Cl4O2/c15-8-5-10(14(18)12(17)6-8)9-3-7(4-13(19)20)1-2-11(9)16/h1-3,5-6H,4H2,(H,19,20). The molecule has 6 heteroatoms. The molecule has 0 unspecified atom stereocenters. The summed E-state index contributed by atoms with van der Waals surface area (Å²) in [6.45, 7) is 0. The molecule has 0 aliphatic heterocycles. The zero-order chi connectivity index (χ0) is 14.9. The first kappa shape index (κ1) is 15.5. The van der Waals surface area contributed by atoms with Gasteiger partial charge in [-0.1, -0.05) is 52.5 Å². The number of aliphatic carboxylic acids is 1. The molecule has 0 bridgehead atoms. The van der Waals surface area contributed by atoms with Gasteiger partial charge in [-0.05, 0) is 29.8 Å². The van der Waals surface area contributed by atoms with Crippen LogP contribution in [0.1, 0.15) is 5.56 Å². The molecule has 0 saturated carbocycles. The predicted octanol–water partition coefficient (Wildman–Crippen LogP) is 5.59. The lowest BCUT2D eigenvalue weighted by Gasteiger charge is -2.10. The van der Waals surface area contributed by atoms with Gasteiger partial charge in [-0.2, -0.15) is 0 Å². The number of carboxylic acids is 1. The van der Waals surface area contributed by atoms with E-state index in [1.165, 1.54) is 6.07 Å². The van der Waals surface area contributed by atoms with E-state index in [0.29, 0.717) is 36.8 Å². The lowest BCUT2D eigenvalue weighted by molar-refractivity contribution is -0.136. The molecule has 0 aromatic heterocycles. The summed E-state index contributed by atoms with van der Waals surface area (Å²) in [6, 6.07) is 8.12. The molecule has 0 fully saturated rings. The number of benzene rings is 2. The maximum atomic E-state index is 10.8. The van der Waals surface area contributed by atoms with Gasteiger partial charge in [0.2, 0.25) is 0 Å². The fraction of sp³-hybridized carbons (Fsp3) is 0.0714. The first-order valence-electron chi connectivity index (χ1n) is 5.53. The van der Waals surface area contributed by atoms with E-state index >= 15 is 0 Å². The number of rotatable bonds is 3. The van der Waals surface area contributed by atoms with Gasteiger partial charge in [-0.3, -0.25) is 4.79 Å². The summed E-state index contributed by atoms with van der Waals surface area (Å²) in [4.78, 5) is 10.8. The molecule has 0 heterocycles. The van der Waals surface area contributed by atoms with Gasteiger partial charge >= 0.3 is 5.97 Å². The van der Waals surface area contributed by atoms with E-state index in [1.807, 2.05) is 0 Å². The molecular formula is C14H8Cl4O2. The van der Waals surface area contributed by atoms with Crippen molar-refractivity contribution in [1.82, 2.24) is 0 Å². The Balaban J connectivity index is 2.60. The van der Waals surface area contributed by atoms with Crippen LogP contribution in [0.15, 0.2) is 30.3 Å². The number of hydrogen-bond donors (Lipinski definition) is 1. The summed E-state index contributed by atoms with van der Waals surface area (Å²) in [7, 11) is 0. The number of carboxylic acid groups (broad SMARTS) is 1. The molecular weight excluding hydrogens is 342 g/mol. The van der Waals surface area contributed by atoms with E-state index < -0.39 is 5.97 Å². The van der Waals surface area contributed by atoms with Crippen molar-refractivity contribution in [3.63, 3.8) is 0 Å². The van der Waals surface area contributed by atoms with Crippen LogP contribution in [0.2, 0.25) is 20.1 Å². The van der Waals surface area contributed by atoms with Crippen LogP contribution in [0.4, 0.5) is 0 Å². The highest BCUT2D eigenvalue weighted by Crippen LogP contribution is 2.39. The van der Waals surface area contributed by atoms with E-state index in [4.69, 9.17) is 51.5 Å². The third kappa shape index (κ3) is 3.39. The van der Waals surface area contributed by atoms with Gasteiger partial charge in [0, 0.05) is 21.2 Å². The molecule has 2 aromatic carbocycles. The summed E-state index contributed by atoms with van der Waals surface area (Å²) < 4.78 is 0. The highest BCUT2D eigenvalue weighted by atomic mass is 35.5. The molecule has 0 amide bonds. The monoisotopic (exact) mass is 348 g/mol. The molecule has 20 heavy (non-hydrogen) atoms. The topological polar surface area (TPSA) is 37.3 Å². The zero-order valence-corrected chi connectivity index (χ0v) is 13.0. The maximum absolute atomic E-state index is 10.8. The summed E-state index contributed by atoms with van der Waals surface area (Å²) >= 11 is 24.3. The fourth-order valence-electron chi connectivity index (χ4n) is 1.82. The molecule has 1 N–H and O–H groups in total. The zero-order valence-electron chi connectivity index (χ0n) is 9.96. The Kier molecular flexibility index (Phi) is 4.82. The highest BCUT2D eigenvalue weighted by Gasteiger charge is 2.13. The second-order valence-electron chi connectivity index (χ2n) is 4.13. The van der Waals surface area contributed by atoms with Crippen molar-refractivity contribution >= 4 is 52.4 Å². The van der Waals surface area contributed by atoms with Crippen LogP contribution >= 0.6 is 46.4 Å². The van der Waals surface area contributed by atoms with Gasteiger partial charge in [-0.15, -0.1) is 0 Å². The van der Waals surface area contributed by atoms with E-state index in [1.54, 1.807) is 24.3 Å². The van der Waals surface area contributed by atoms with Crippen LogP contribution in [-0.2, 0) is 11.2 Å². The molecule has 0 atom stereocenters. The van der Waals surface area contributed by atoms with Gasteiger partial charge in [0.25, 0.3) is 0 Å². The minimum atomic E-state index is -0.923. The Morgan fingerprint density at radius 2 is 1.65 bits per heavy atom. The van der Waals surface area contributed by atoms with Crippen LogP contribution < -0.4 is 0 Å². The van der Waals surface area contributed by atoms with Gasteiger partial charge in [-0.25, -0.2) is 0 Å². The molecule has 2 nitrogen and oxygen atoms in total. The SMILES string of the molecule is O=C(O)Cc1ccc(Cl)c(-c2cc(Cl)cc(Cl)c2Cl)c1. The van der Waals surface area contributed by atoms with E-state index in [9.17, 15) is 4.79 Å². The second kappa shape index (κ2) is 6.23. The Labute approximate surface area is 135 Å². The number of carbonyl (C=O) groups is 1. The summed E-state index contributed by atoms with van der Waals surface area (Å²) in [6.07, 6.45) is -0.101. The van der Waals surface area contributed by atoms with Gasteiger partial charge in [0.1, 0.15) is 0 Å². The number of halogens is 4. The average molecular weight is 350 g/mol. The molecule has 0 saturated heterocycles. The molecule has 2 aromatic rings. The quantitative estimate of drug-likeness (QED) is 0.733. The molecule has 2 rings (SSSR count). The summed E-state index contributed by atoms with van der Waals surface area (Å²) in [5, 5.41) is 10.3. The first-order valence-corrected chi connectivity index (χ1v) is 7.05. The Morgan fingerprint density at radius 3 is 2.30 bits per heavy atom. The van der Waals surface area contributed by atoms with Crippen LogP contribution in [0.25, 0.3) is 11.1 Å². The maximum Gasteiger partial charge on any atom is 0.307 e. The van der Waals surface area contributed by atoms with Crippen molar-refractivity contribution in [2.75, 3.05) is 0 Å². The Bertz CT molecular complexity index is 683. The van der Waals surface area contributed by atoms with Gasteiger partial charge < -0.3 is 5.11 Å². The van der Waals surface area contributed by atoms with Crippen molar-refractivity contribution in [3.05, 3.63) is 56.0 Å². The third-order valence-corrected chi connectivity index (χ3v) is 4.02. The molecule has 104 valence electrons. The van der Waals surface area contributed by atoms with Crippen LogP contribution in [0.3, 0.4) is 0 Å². The van der Waals surface area contributed by atoms with E-state index in [-0.39, 0.29) is 6.42 Å². The molecule has 0 aliphatic carbocycles. The van der Waals surface area contributed by atoms with Crippen molar-refractivity contribution in [2.24, 2.45) is 0 Å². The largest absolute Gasteiger partial charge is 0.481 e. The van der Waals surface area contributed by atoms with Crippen molar-refractivity contribution in [2.45, 2.75) is 6.42 Å². The summed E-state index contributed by atoms with van der Waals surface area (Å²) in [5.41, 5.74) is 1.78. The lowest BCUT2D eigenvalue weighted by Crippen LogP contribution is -2.00. The third-order valence-electron chi connectivity index (χ3n) is 2.67. The van der Waals surface area contributed by atoms with Gasteiger partial charge in [0.15, 0.2) is 0 Å². The highest BCUT2D eigenvalue weighted by molar-refractivity contribution is 6.45. The van der Waals surface area contributed by atoms with Gasteiger partial charge in [0.05, 0.1) is 16.5 Å². The van der Waals surface area contributed by atoms with Crippen molar-refractivity contribution in [1.29, 1.82) is 0 Å².